The molecular formula is C14H23O5P. The molecule has 114 valence electrons. The van der Waals surface area contributed by atoms with Crippen molar-refractivity contribution in [2.45, 2.75) is 32.5 Å². The molecule has 1 rings (SSSR count). The van der Waals surface area contributed by atoms with Gasteiger partial charge in [-0.15, -0.1) is 0 Å². The minimum absolute atomic E-state index is 0.0982. The van der Waals surface area contributed by atoms with Gasteiger partial charge in [-0.3, -0.25) is 4.57 Å². The molecule has 0 saturated heterocycles. The molecule has 0 heterocycles. The molecule has 1 aromatic rings. The third kappa shape index (κ3) is 5.25. The fraction of sp³-hybridized carbons (Fsp3) is 0.571. The highest BCUT2D eigenvalue weighted by atomic mass is 31.2. The van der Waals surface area contributed by atoms with Gasteiger partial charge in [-0.05, 0) is 38.5 Å². The van der Waals surface area contributed by atoms with E-state index in [1.807, 2.05) is 26.8 Å². The van der Waals surface area contributed by atoms with Crippen LogP contribution < -0.4 is 4.74 Å². The van der Waals surface area contributed by atoms with Crippen molar-refractivity contribution in [3.63, 3.8) is 0 Å². The highest BCUT2D eigenvalue weighted by molar-refractivity contribution is 7.53. The molecule has 0 aliphatic heterocycles. The van der Waals surface area contributed by atoms with Gasteiger partial charge >= 0.3 is 7.60 Å². The van der Waals surface area contributed by atoms with Gasteiger partial charge in [0.25, 0.3) is 0 Å². The predicted molar refractivity (Wildman–Crippen MR) is 78.3 cm³/mol. The SMILES string of the molecule is COP(=O)(CC(O)c1cccc(OC(C)(C)C)c1)OC. The summed E-state index contributed by atoms with van der Waals surface area (Å²) in [7, 11) is -0.646. The second-order valence-electron chi connectivity index (χ2n) is 5.46. The van der Waals surface area contributed by atoms with E-state index in [-0.39, 0.29) is 11.8 Å². The summed E-state index contributed by atoms with van der Waals surface area (Å²) in [5.41, 5.74) is 0.291. The van der Waals surface area contributed by atoms with Gasteiger partial charge in [0.2, 0.25) is 0 Å². The maximum absolute atomic E-state index is 12.0. The molecule has 6 heteroatoms. The molecule has 1 N–H and O–H groups in total. The second-order valence-corrected chi connectivity index (χ2v) is 7.78. The number of ether oxygens (including phenoxy) is 1. The molecule has 0 aromatic heterocycles. The highest BCUT2D eigenvalue weighted by Gasteiger charge is 2.26. The van der Waals surface area contributed by atoms with Crippen molar-refractivity contribution in [1.82, 2.24) is 0 Å². The number of aliphatic hydroxyl groups is 1. The van der Waals surface area contributed by atoms with E-state index in [1.165, 1.54) is 14.2 Å². The van der Waals surface area contributed by atoms with Crippen LogP contribution in [-0.4, -0.2) is 31.1 Å². The van der Waals surface area contributed by atoms with Crippen LogP contribution in [0.25, 0.3) is 0 Å². The van der Waals surface area contributed by atoms with Gasteiger partial charge in [0.15, 0.2) is 0 Å². The number of benzene rings is 1. The van der Waals surface area contributed by atoms with Crippen LogP contribution in [0.4, 0.5) is 0 Å². The molecule has 0 bridgehead atoms. The molecule has 20 heavy (non-hydrogen) atoms. The Morgan fingerprint density at radius 2 is 1.85 bits per heavy atom. The number of rotatable bonds is 6. The topological polar surface area (TPSA) is 65.0 Å². The van der Waals surface area contributed by atoms with Crippen LogP contribution in [0.5, 0.6) is 5.75 Å². The average Bonchev–Trinajstić information content (AvgIpc) is 2.37. The third-order valence-electron chi connectivity index (χ3n) is 2.62. The van der Waals surface area contributed by atoms with Crippen LogP contribution in [0.3, 0.4) is 0 Å². The Morgan fingerprint density at radius 3 is 2.35 bits per heavy atom. The summed E-state index contributed by atoms with van der Waals surface area (Å²) in [6, 6.07) is 7.07. The minimum atomic E-state index is -3.25. The summed E-state index contributed by atoms with van der Waals surface area (Å²) >= 11 is 0. The first-order chi connectivity index (χ1) is 9.19. The van der Waals surface area contributed by atoms with E-state index in [9.17, 15) is 9.67 Å². The predicted octanol–water partition coefficient (Wildman–Crippen LogP) is 3.38. The molecule has 0 aliphatic carbocycles. The summed E-state index contributed by atoms with van der Waals surface area (Å²) in [5, 5.41) is 10.2. The molecule has 1 unspecified atom stereocenters. The first kappa shape index (κ1) is 17.2. The summed E-state index contributed by atoms with van der Waals surface area (Å²) < 4.78 is 27.4. The lowest BCUT2D eigenvalue weighted by molar-refractivity contribution is 0.129. The first-order valence-corrected chi connectivity index (χ1v) is 8.09. The van der Waals surface area contributed by atoms with E-state index < -0.39 is 13.7 Å². The van der Waals surface area contributed by atoms with E-state index in [0.29, 0.717) is 11.3 Å². The lowest BCUT2D eigenvalue weighted by atomic mass is 10.1. The molecule has 0 saturated carbocycles. The molecule has 0 radical (unpaired) electrons. The van der Waals surface area contributed by atoms with Crippen LogP contribution in [0.1, 0.15) is 32.4 Å². The Kier molecular flexibility index (Phi) is 5.78. The molecule has 0 aliphatic rings. The van der Waals surface area contributed by atoms with E-state index >= 15 is 0 Å². The fourth-order valence-corrected chi connectivity index (χ4v) is 2.76. The van der Waals surface area contributed by atoms with Crippen molar-refractivity contribution < 1.29 is 23.5 Å². The summed E-state index contributed by atoms with van der Waals surface area (Å²) in [6.45, 7) is 5.83. The monoisotopic (exact) mass is 302 g/mol. The van der Waals surface area contributed by atoms with E-state index in [1.54, 1.807) is 18.2 Å². The smallest absolute Gasteiger partial charge is 0.333 e. The number of hydrogen-bond acceptors (Lipinski definition) is 5. The zero-order valence-corrected chi connectivity index (χ0v) is 13.5. The summed E-state index contributed by atoms with van der Waals surface area (Å²) in [4.78, 5) is 0. The van der Waals surface area contributed by atoms with E-state index in [4.69, 9.17) is 13.8 Å². The lowest BCUT2D eigenvalue weighted by Crippen LogP contribution is -2.23. The Bertz CT molecular complexity index is 473. The Labute approximate surface area is 120 Å². The van der Waals surface area contributed by atoms with Crippen LogP contribution >= 0.6 is 7.60 Å². The van der Waals surface area contributed by atoms with Crippen LogP contribution in [-0.2, 0) is 13.6 Å². The first-order valence-electron chi connectivity index (χ1n) is 6.37. The standard InChI is InChI=1S/C14H23O5P/c1-14(2,3)19-12-8-6-7-11(9-12)13(15)10-20(16,17-4)18-5/h6-9,13,15H,10H2,1-5H3. The van der Waals surface area contributed by atoms with Crippen LogP contribution in [0.2, 0.25) is 0 Å². The summed E-state index contributed by atoms with van der Waals surface area (Å²) in [5.74, 6) is 0.652. The fourth-order valence-electron chi connectivity index (χ4n) is 1.68. The Hall–Kier alpha value is -0.870. The Morgan fingerprint density at radius 1 is 1.25 bits per heavy atom. The van der Waals surface area contributed by atoms with E-state index in [0.717, 1.165) is 0 Å². The zero-order valence-electron chi connectivity index (χ0n) is 12.6. The van der Waals surface area contributed by atoms with Crippen molar-refractivity contribution in [3.05, 3.63) is 29.8 Å². The maximum atomic E-state index is 12.0. The number of hydrogen-bond donors (Lipinski definition) is 1. The van der Waals surface area contributed by atoms with Crippen molar-refractivity contribution in [2.75, 3.05) is 20.4 Å². The quantitative estimate of drug-likeness (QED) is 0.816. The number of aliphatic hydroxyl groups excluding tert-OH is 1. The van der Waals surface area contributed by atoms with Crippen LogP contribution in [0, 0.1) is 0 Å². The second kappa shape index (κ2) is 6.72. The van der Waals surface area contributed by atoms with Gasteiger partial charge in [0, 0.05) is 14.2 Å². The van der Waals surface area contributed by atoms with Gasteiger partial charge < -0.3 is 18.9 Å². The lowest BCUT2D eigenvalue weighted by Gasteiger charge is -2.22. The molecule has 0 spiro atoms. The van der Waals surface area contributed by atoms with Crippen LogP contribution in [0.15, 0.2) is 24.3 Å². The summed E-state index contributed by atoms with van der Waals surface area (Å²) in [6.07, 6.45) is -1.04. The molecule has 1 atom stereocenters. The van der Waals surface area contributed by atoms with Crippen molar-refractivity contribution in [2.24, 2.45) is 0 Å². The van der Waals surface area contributed by atoms with Crippen molar-refractivity contribution in [3.8, 4) is 5.75 Å². The molecule has 0 amide bonds. The van der Waals surface area contributed by atoms with Gasteiger partial charge in [-0.1, -0.05) is 12.1 Å². The molecule has 0 fully saturated rings. The van der Waals surface area contributed by atoms with Crippen molar-refractivity contribution in [1.29, 1.82) is 0 Å². The zero-order chi connectivity index (χ0) is 15.4. The normalized spacial score (nSPS) is 14.1. The largest absolute Gasteiger partial charge is 0.488 e. The third-order valence-corrected chi connectivity index (χ3v) is 4.53. The molecule has 5 nitrogen and oxygen atoms in total. The Balaban J connectivity index is 2.86. The highest BCUT2D eigenvalue weighted by Crippen LogP contribution is 2.49. The minimum Gasteiger partial charge on any atom is -0.488 e. The van der Waals surface area contributed by atoms with Gasteiger partial charge in [0.05, 0.1) is 12.3 Å². The average molecular weight is 302 g/mol. The van der Waals surface area contributed by atoms with E-state index in [2.05, 4.69) is 0 Å². The molecular weight excluding hydrogens is 279 g/mol. The van der Waals surface area contributed by atoms with Gasteiger partial charge in [-0.2, -0.15) is 0 Å². The van der Waals surface area contributed by atoms with Crippen molar-refractivity contribution >= 4 is 7.60 Å². The maximum Gasteiger partial charge on any atom is 0.333 e. The molecule has 1 aromatic carbocycles. The van der Waals surface area contributed by atoms with Gasteiger partial charge in [-0.25, -0.2) is 0 Å². The van der Waals surface area contributed by atoms with Gasteiger partial charge in [0.1, 0.15) is 11.4 Å².